The molecule has 0 bridgehead atoms. The number of ether oxygens (including phenoxy) is 1. The van der Waals surface area contributed by atoms with E-state index in [2.05, 4.69) is 34.1 Å². The lowest BCUT2D eigenvalue weighted by molar-refractivity contribution is -0.147. The number of carbonyl (C=O) groups excluding carboxylic acids is 3. The molecule has 2 aliphatic carbocycles. The fourth-order valence-electron chi connectivity index (χ4n) is 6.68. The summed E-state index contributed by atoms with van der Waals surface area (Å²) < 4.78 is 6.29. The van der Waals surface area contributed by atoms with Gasteiger partial charge in [-0.05, 0) is 98.7 Å². The number of nitrogens with zero attached hydrogens (tertiary/aromatic N) is 1. The number of aryl methyl sites for hydroxylation is 1. The Balaban J connectivity index is 1.45. The average molecular weight is 589 g/mol. The second-order valence-corrected chi connectivity index (χ2v) is 13.6. The summed E-state index contributed by atoms with van der Waals surface area (Å²) in [4.78, 5) is 43.2. The van der Waals surface area contributed by atoms with Crippen LogP contribution in [0.25, 0.3) is 0 Å². The van der Waals surface area contributed by atoms with Gasteiger partial charge in [0.25, 0.3) is 0 Å². The molecular weight excluding hydrogens is 540 g/mol. The first-order valence-corrected chi connectivity index (χ1v) is 16.0. The van der Waals surface area contributed by atoms with Crippen LogP contribution in [0.3, 0.4) is 0 Å². The third kappa shape index (κ3) is 7.06. The fraction of sp³-hybridized carbons (Fsp3) is 0.571. The number of benzene rings is 2. The van der Waals surface area contributed by atoms with Crippen molar-refractivity contribution in [3.63, 3.8) is 0 Å². The molecule has 0 saturated heterocycles. The molecule has 3 aliphatic rings. The molecule has 8 heteroatoms. The molecule has 43 heavy (non-hydrogen) atoms. The number of rotatable bonds is 8. The molecule has 0 aromatic heterocycles. The van der Waals surface area contributed by atoms with Crippen molar-refractivity contribution < 1.29 is 19.1 Å². The van der Waals surface area contributed by atoms with Crippen LogP contribution < -0.4 is 20.7 Å². The third-order valence-electron chi connectivity index (χ3n) is 9.41. The third-order valence-corrected chi connectivity index (χ3v) is 9.41. The Morgan fingerprint density at radius 3 is 2.42 bits per heavy atom. The van der Waals surface area contributed by atoms with E-state index >= 15 is 0 Å². The van der Waals surface area contributed by atoms with Gasteiger partial charge in [-0.3, -0.25) is 14.4 Å². The van der Waals surface area contributed by atoms with E-state index in [0.717, 1.165) is 54.5 Å². The van der Waals surface area contributed by atoms with E-state index in [1.807, 2.05) is 45.0 Å². The number of hydrogen-bond acceptors (Lipinski definition) is 5. The number of nitrogens with one attached hydrogen (secondary N) is 3. The van der Waals surface area contributed by atoms with Crippen molar-refractivity contribution in [3.05, 3.63) is 64.7 Å². The number of fused-ring (bicyclic) bond motifs is 2. The van der Waals surface area contributed by atoms with E-state index in [9.17, 15) is 14.4 Å². The Hall–Kier alpha value is -3.39. The summed E-state index contributed by atoms with van der Waals surface area (Å²) in [6.45, 7) is 7.87. The van der Waals surface area contributed by atoms with Gasteiger partial charge in [-0.1, -0.05) is 51.1 Å². The van der Waals surface area contributed by atoms with Crippen molar-refractivity contribution >= 4 is 17.7 Å². The van der Waals surface area contributed by atoms with Crippen LogP contribution in [-0.2, 0) is 33.8 Å². The van der Waals surface area contributed by atoms with E-state index < -0.39 is 23.5 Å². The van der Waals surface area contributed by atoms with Gasteiger partial charge in [0, 0.05) is 13.0 Å². The predicted octanol–water partition coefficient (Wildman–Crippen LogP) is 4.59. The minimum atomic E-state index is -0.805. The van der Waals surface area contributed by atoms with E-state index in [1.54, 1.807) is 18.9 Å². The van der Waals surface area contributed by atoms with E-state index in [-0.39, 0.29) is 36.4 Å². The molecule has 2 aromatic carbocycles. The highest BCUT2D eigenvalue weighted by Gasteiger charge is 2.43. The normalized spacial score (nSPS) is 21.7. The molecule has 1 fully saturated rings. The molecule has 5 rings (SSSR count). The summed E-state index contributed by atoms with van der Waals surface area (Å²) in [5.74, 6) is 0.152. The molecule has 232 valence electrons. The zero-order valence-corrected chi connectivity index (χ0v) is 26.4. The lowest BCUT2D eigenvalue weighted by Crippen LogP contribution is -2.62. The molecule has 8 nitrogen and oxygen atoms in total. The second-order valence-electron chi connectivity index (χ2n) is 13.6. The summed E-state index contributed by atoms with van der Waals surface area (Å²) in [5, 5.41) is 9.26. The lowest BCUT2D eigenvalue weighted by Gasteiger charge is -2.42. The van der Waals surface area contributed by atoms with Gasteiger partial charge in [-0.25, -0.2) is 0 Å². The fourth-order valence-corrected chi connectivity index (χ4v) is 6.68. The van der Waals surface area contributed by atoms with Crippen molar-refractivity contribution in [1.29, 1.82) is 0 Å². The highest BCUT2D eigenvalue weighted by Crippen LogP contribution is 2.34. The minimum absolute atomic E-state index is 0.0902. The van der Waals surface area contributed by atoms with Crippen molar-refractivity contribution in [2.45, 2.75) is 116 Å². The monoisotopic (exact) mass is 588 g/mol. The Kier molecular flexibility index (Phi) is 9.45. The van der Waals surface area contributed by atoms with Gasteiger partial charge in [0.15, 0.2) is 0 Å². The summed E-state index contributed by atoms with van der Waals surface area (Å²) in [7, 11) is 1.72. The van der Waals surface area contributed by atoms with E-state index in [0.29, 0.717) is 6.42 Å². The van der Waals surface area contributed by atoms with Crippen molar-refractivity contribution in [2.75, 3.05) is 7.05 Å². The molecule has 1 heterocycles. The van der Waals surface area contributed by atoms with Gasteiger partial charge in [0.1, 0.15) is 17.8 Å². The summed E-state index contributed by atoms with van der Waals surface area (Å²) in [5.41, 5.74) is 3.89. The lowest BCUT2D eigenvalue weighted by atomic mass is 9.83. The van der Waals surface area contributed by atoms with Crippen LogP contribution in [0.5, 0.6) is 5.75 Å². The molecule has 1 aliphatic heterocycles. The first-order chi connectivity index (χ1) is 20.5. The molecule has 0 unspecified atom stereocenters. The average Bonchev–Trinajstić information content (AvgIpc) is 3.51. The second kappa shape index (κ2) is 13.1. The zero-order valence-electron chi connectivity index (χ0n) is 26.4. The van der Waals surface area contributed by atoms with Gasteiger partial charge in [-0.2, -0.15) is 0 Å². The molecule has 0 radical (unpaired) electrons. The van der Waals surface area contributed by atoms with Crippen molar-refractivity contribution in [2.24, 2.45) is 5.41 Å². The summed E-state index contributed by atoms with van der Waals surface area (Å²) >= 11 is 0. The smallest absolute Gasteiger partial charge is 0.246 e. The molecule has 3 N–H and O–H groups in total. The topological polar surface area (TPSA) is 99.8 Å². The zero-order chi connectivity index (χ0) is 30.7. The summed E-state index contributed by atoms with van der Waals surface area (Å²) in [6.07, 6.45) is 8.01. The van der Waals surface area contributed by atoms with Crippen molar-refractivity contribution in [3.8, 4) is 5.75 Å². The molecule has 4 atom stereocenters. The maximum atomic E-state index is 14.4. The van der Waals surface area contributed by atoms with E-state index in [4.69, 9.17) is 4.74 Å². The van der Waals surface area contributed by atoms with Gasteiger partial charge in [0.05, 0.1) is 18.2 Å². The molecular formula is C35H48N4O4. The van der Waals surface area contributed by atoms with Crippen LogP contribution in [0.1, 0.15) is 94.5 Å². The Morgan fingerprint density at radius 2 is 1.70 bits per heavy atom. The van der Waals surface area contributed by atoms with Gasteiger partial charge in [0.2, 0.25) is 17.7 Å². The number of likely N-dealkylation sites (N-methyl/N-ethyl adjacent to an activating group) is 1. The largest absolute Gasteiger partial charge is 0.490 e. The quantitative estimate of drug-likeness (QED) is 0.419. The SMILES string of the molecule is CN[C@@H](C)C(=O)N[C@H](C(=O)N1Cc2cc(OC3CCCC3)ccc2C[C@H]1C(=O)N[C@@H]1CCCc2ccccc21)C(C)(C)C. The Morgan fingerprint density at radius 1 is 0.953 bits per heavy atom. The van der Waals surface area contributed by atoms with Gasteiger partial charge < -0.3 is 25.6 Å². The maximum Gasteiger partial charge on any atom is 0.246 e. The van der Waals surface area contributed by atoms with Crippen LogP contribution >= 0.6 is 0 Å². The standard InChI is InChI=1S/C35H48N4O4/c1-22(36-5)32(40)38-31(35(2,3)4)34(42)39-21-25-19-27(43-26-13-7-8-14-26)18-17-24(25)20-30(39)33(41)37-29-16-10-12-23-11-6-9-15-28(23)29/h6,9,11,15,17-19,22,26,29-31,36H,7-8,10,12-14,16,20-21H2,1-5H3,(H,37,41)(H,38,40)/t22-,29+,30-,31+/m0/s1. The summed E-state index contributed by atoms with van der Waals surface area (Å²) in [6, 6.07) is 12.3. The molecule has 2 aromatic rings. The van der Waals surface area contributed by atoms with Crippen LogP contribution in [0.15, 0.2) is 42.5 Å². The van der Waals surface area contributed by atoms with Crippen LogP contribution in [-0.4, -0.2) is 53.9 Å². The number of carbonyl (C=O) groups is 3. The van der Waals surface area contributed by atoms with Gasteiger partial charge in [-0.15, -0.1) is 0 Å². The maximum absolute atomic E-state index is 14.4. The first-order valence-electron chi connectivity index (χ1n) is 16.0. The molecule has 3 amide bonds. The number of hydrogen-bond donors (Lipinski definition) is 3. The Bertz CT molecular complexity index is 1330. The molecule has 1 saturated carbocycles. The van der Waals surface area contributed by atoms with Gasteiger partial charge >= 0.3 is 0 Å². The van der Waals surface area contributed by atoms with Crippen LogP contribution in [0.4, 0.5) is 0 Å². The Labute approximate surface area is 256 Å². The highest BCUT2D eigenvalue weighted by atomic mass is 16.5. The minimum Gasteiger partial charge on any atom is -0.490 e. The van der Waals surface area contributed by atoms with Crippen molar-refractivity contribution in [1.82, 2.24) is 20.9 Å². The first kappa shape index (κ1) is 31.0. The van der Waals surface area contributed by atoms with Crippen LogP contribution in [0, 0.1) is 5.41 Å². The molecule has 0 spiro atoms. The number of amides is 3. The van der Waals surface area contributed by atoms with Crippen LogP contribution in [0.2, 0.25) is 0 Å². The highest BCUT2D eigenvalue weighted by molar-refractivity contribution is 5.94. The predicted molar refractivity (Wildman–Crippen MR) is 168 cm³/mol. The van der Waals surface area contributed by atoms with E-state index in [1.165, 1.54) is 18.4 Å².